The number of anilines is 1. The summed E-state index contributed by atoms with van der Waals surface area (Å²) in [6.45, 7) is 2.16. The van der Waals surface area contributed by atoms with Crippen molar-refractivity contribution in [2.45, 2.75) is 25.8 Å². The smallest absolute Gasteiger partial charge is 0.124 e. The predicted octanol–water partition coefficient (Wildman–Crippen LogP) is 1.78. The van der Waals surface area contributed by atoms with Crippen LogP contribution in [0, 0.1) is 0 Å². The summed E-state index contributed by atoms with van der Waals surface area (Å²) >= 11 is 0. The Morgan fingerprint density at radius 1 is 1.62 bits per heavy atom. The maximum Gasteiger partial charge on any atom is 0.124 e. The molecule has 0 aromatic heterocycles. The van der Waals surface area contributed by atoms with Gasteiger partial charge in [-0.05, 0) is 30.5 Å². The Morgan fingerprint density at radius 2 is 2.46 bits per heavy atom. The molecule has 1 N–H and O–H groups in total. The van der Waals surface area contributed by atoms with Gasteiger partial charge < -0.3 is 10.1 Å². The number of aldehydes is 1. The van der Waals surface area contributed by atoms with E-state index >= 15 is 0 Å². The van der Waals surface area contributed by atoms with Crippen LogP contribution < -0.4 is 5.32 Å². The first-order valence-electron chi connectivity index (χ1n) is 4.62. The minimum atomic E-state index is 0.503. The van der Waals surface area contributed by atoms with E-state index in [2.05, 4.69) is 18.3 Å². The first-order valence-corrected chi connectivity index (χ1v) is 4.62. The van der Waals surface area contributed by atoms with Gasteiger partial charge in [-0.3, -0.25) is 0 Å². The van der Waals surface area contributed by atoms with Crippen molar-refractivity contribution < 1.29 is 4.79 Å². The highest BCUT2D eigenvalue weighted by Gasteiger charge is 2.18. The molecule has 0 fully saturated rings. The van der Waals surface area contributed by atoms with Crippen LogP contribution in [0.5, 0.6) is 0 Å². The Labute approximate surface area is 78.0 Å². The van der Waals surface area contributed by atoms with Gasteiger partial charge in [0.15, 0.2) is 0 Å². The van der Waals surface area contributed by atoms with Crippen LogP contribution in [0.1, 0.15) is 18.1 Å². The molecular formula is C11H13NO. The second-order valence-electron chi connectivity index (χ2n) is 3.56. The molecule has 0 radical (unpaired) electrons. The van der Waals surface area contributed by atoms with Crippen molar-refractivity contribution in [2.75, 3.05) is 5.32 Å². The summed E-state index contributed by atoms with van der Waals surface area (Å²) in [5, 5.41) is 3.38. The Balaban J connectivity index is 2.39. The van der Waals surface area contributed by atoms with Crippen LogP contribution in [0.25, 0.3) is 0 Å². The fourth-order valence-corrected chi connectivity index (χ4v) is 1.91. The average molecular weight is 175 g/mol. The fraction of sp³-hybridized carbons (Fsp3) is 0.364. The van der Waals surface area contributed by atoms with Crippen molar-refractivity contribution in [1.29, 1.82) is 0 Å². The lowest BCUT2D eigenvalue weighted by Crippen LogP contribution is -2.08. The van der Waals surface area contributed by atoms with Gasteiger partial charge >= 0.3 is 0 Å². The predicted molar refractivity (Wildman–Crippen MR) is 53.0 cm³/mol. The van der Waals surface area contributed by atoms with Gasteiger partial charge in [-0.15, -0.1) is 0 Å². The van der Waals surface area contributed by atoms with Gasteiger partial charge in [-0.25, -0.2) is 0 Å². The first kappa shape index (κ1) is 8.30. The van der Waals surface area contributed by atoms with Gasteiger partial charge in [-0.2, -0.15) is 0 Å². The minimum Gasteiger partial charge on any atom is -0.382 e. The molecule has 1 unspecified atom stereocenters. The van der Waals surface area contributed by atoms with Gasteiger partial charge in [-0.1, -0.05) is 12.1 Å². The van der Waals surface area contributed by atoms with E-state index in [1.54, 1.807) is 0 Å². The first-order chi connectivity index (χ1) is 6.31. The quantitative estimate of drug-likeness (QED) is 0.694. The van der Waals surface area contributed by atoms with E-state index in [-0.39, 0.29) is 0 Å². The third-order valence-electron chi connectivity index (χ3n) is 2.49. The zero-order chi connectivity index (χ0) is 9.26. The van der Waals surface area contributed by atoms with Crippen LogP contribution in [0.3, 0.4) is 0 Å². The molecular weight excluding hydrogens is 162 g/mol. The third-order valence-corrected chi connectivity index (χ3v) is 2.49. The van der Waals surface area contributed by atoms with E-state index in [4.69, 9.17) is 0 Å². The maximum absolute atomic E-state index is 10.4. The minimum absolute atomic E-state index is 0.503. The number of carbonyl (C=O) groups is 1. The molecule has 13 heavy (non-hydrogen) atoms. The summed E-state index contributed by atoms with van der Waals surface area (Å²) < 4.78 is 0. The molecule has 2 heteroatoms. The van der Waals surface area contributed by atoms with E-state index in [1.165, 1.54) is 16.8 Å². The molecule has 0 spiro atoms. The summed E-state index contributed by atoms with van der Waals surface area (Å²) in [4.78, 5) is 10.4. The van der Waals surface area contributed by atoms with E-state index in [0.29, 0.717) is 12.5 Å². The molecule has 1 aliphatic rings. The number of fused-ring (bicyclic) bond motifs is 1. The van der Waals surface area contributed by atoms with Crippen molar-refractivity contribution >= 4 is 12.0 Å². The molecule has 0 bridgehead atoms. The van der Waals surface area contributed by atoms with Crippen molar-refractivity contribution in [3.05, 3.63) is 29.3 Å². The molecule has 0 amide bonds. The summed E-state index contributed by atoms with van der Waals surface area (Å²) in [6, 6.07) is 6.62. The molecule has 1 aromatic carbocycles. The van der Waals surface area contributed by atoms with Gasteiger partial charge in [0.25, 0.3) is 0 Å². The lowest BCUT2D eigenvalue weighted by molar-refractivity contribution is -0.107. The number of nitrogens with one attached hydrogen (secondary N) is 1. The van der Waals surface area contributed by atoms with Crippen molar-refractivity contribution in [3.8, 4) is 0 Å². The molecule has 1 aromatic rings. The average Bonchev–Trinajstić information content (AvgIpc) is 2.47. The summed E-state index contributed by atoms with van der Waals surface area (Å²) in [5.74, 6) is 0. The molecule has 1 aliphatic heterocycles. The number of carbonyl (C=O) groups excluding carboxylic acids is 1. The third kappa shape index (κ3) is 1.44. The van der Waals surface area contributed by atoms with Crippen molar-refractivity contribution in [2.24, 2.45) is 0 Å². The lowest BCUT2D eigenvalue weighted by atomic mass is 10.0. The van der Waals surface area contributed by atoms with Crippen LogP contribution >= 0.6 is 0 Å². The number of hydrogen-bond acceptors (Lipinski definition) is 2. The van der Waals surface area contributed by atoms with Crippen LogP contribution in [0.2, 0.25) is 0 Å². The number of hydrogen-bond donors (Lipinski definition) is 1. The highest BCUT2D eigenvalue weighted by Crippen LogP contribution is 2.28. The van der Waals surface area contributed by atoms with Gasteiger partial charge in [0.05, 0.1) is 0 Å². The molecule has 2 rings (SSSR count). The van der Waals surface area contributed by atoms with Crippen LogP contribution in [0.4, 0.5) is 5.69 Å². The van der Waals surface area contributed by atoms with Gasteiger partial charge in [0, 0.05) is 18.2 Å². The van der Waals surface area contributed by atoms with Crippen molar-refractivity contribution in [1.82, 2.24) is 0 Å². The van der Waals surface area contributed by atoms with E-state index in [9.17, 15) is 4.79 Å². The van der Waals surface area contributed by atoms with Gasteiger partial charge in [0.1, 0.15) is 6.29 Å². The molecule has 1 heterocycles. The van der Waals surface area contributed by atoms with E-state index in [1.807, 2.05) is 12.1 Å². The molecule has 0 saturated carbocycles. The topological polar surface area (TPSA) is 29.1 Å². The summed E-state index contributed by atoms with van der Waals surface area (Å²) in [7, 11) is 0. The van der Waals surface area contributed by atoms with E-state index in [0.717, 1.165) is 12.7 Å². The second kappa shape index (κ2) is 3.21. The SMILES string of the molecule is CC1Cc2c(CC=O)cccc2N1. The maximum atomic E-state index is 10.4. The van der Waals surface area contributed by atoms with Crippen molar-refractivity contribution in [3.63, 3.8) is 0 Å². The molecule has 0 aliphatic carbocycles. The number of benzene rings is 1. The summed E-state index contributed by atoms with van der Waals surface area (Å²) in [6.07, 6.45) is 2.55. The zero-order valence-corrected chi connectivity index (χ0v) is 7.71. The zero-order valence-electron chi connectivity index (χ0n) is 7.71. The Hall–Kier alpha value is -1.31. The monoisotopic (exact) mass is 175 g/mol. The summed E-state index contributed by atoms with van der Waals surface area (Å²) in [5.41, 5.74) is 3.69. The van der Waals surface area contributed by atoms with Crippen LogP contribution in [-0.2, 0) is 17.6 Å². The Bertz CT molecular complexity index is 333. The van der Waals surface area contributed by atoms with E-state index < -0.39 is 0 Å². The van der Waals surface area contributed by atoms with Gasteiger partial charge in [0.2, 0.25) is 0 Å². The molecule has 1 atom stereocenters. The lowest BCUT2D eigenvalue weighted by Gasteiger charge is -2.03. The Kier molecular flexibility index (Phi) is 2.05. The second-order valence-corrected chi connectivity index (χ2v) is 3.56. The highest BCUT2D eigenvalue weighted by molar-refractivity contribution is 5.64. The molecule has 0 saturated heterocycles. The van der Waals surface area contributed by atoms with Crippen LogP contribution in [-0.4, -0.2) is 12.3 Å². The standard InChI is InChI=1S/C11H13NO/c1-8-7-10-9(5-6-13)3-2-4-11(10)12-8/h2-4,6,8,12H,5,7H2,1H3. The highest BCUT2D eigenvalue weighted by atomic mass is 16.1. The fourth-order valence-electron chi connectivity index (χ4n) is 1.91. The molecule has 68 valence electrons. The van der Waals surface area contributed by atoms with Crippen LogP contribution in [0.15, 0.2) is 18.2 Å². The Morgan fingerprint density at radius 3 is 3.23 bits per heavy atom. The normalized spacial score (nSPS) is 19.3. The largest absolute Gasteiger partial charge is 0.382 e. The molecule has 2 nitrogen and oxygen atoms in total. The number of rotatable bonds is 2.